The van der Waals surface area contributed by atoms with Crippen molar-refractivity contribution in [3.8, 4) is 0 Å². The summed E-state index contributed by atoms with van der Waals surface area (Å²) in [6.07, 6.45) is 7.74. The number of nitrogens with zero attached hydrogens (tertiary/aromatic N) is 1. The summed E-state index contributed by atoms with van der Waals surface area (Å²) in [6, 6.07) is 9.68. The zero-order valence-corrected chi connectivity index (χ0v) is 12.7. The lowest BCUT2D eigenvalue weighted by Gasteiger charge is -2.27. The smallest absolute Gasteiger partial charge is 0.0480 e. The summed E-state index contributed by atoms with van der Waals surface area (Å²) in [7, 11) is 0. The maximum Gasteiger partial charge on any atom is 0.0480 e. The van der Waals surface area contributed by atoms with E-state index in [0.29, 0.717) is 0 Å². The minimum Gasteiger partial charge on any atom is -0.346 e. The van der Waals surface area contributed by atoms with E-state index in [1.807, 2.05) is 0 Å². The van der Waals surface area contributed by atoms with Crippen LogP contribution in [-0.4, -0.2) is 17.2 Å². The number of aryl methyl sites for hydroxylation is 1. The number of nitrogens with one attached hydrogen (secondary N) is 1. The lowest BCUT2D eigenvalue weighted by molar-refractivity contribution is 0.299. The lowest BCUT2D eigenvalue weighted by atomic mass is 9.87. The van der Waals surface area contributed by atoms with Crippen molar-refractivity contribution in [3.05, 3.63) is 36.0 Å². The second-order valence-corrected chi connectivity index (χ2v) is 6.49. The van der Waals surface area contributed by atoms with Gasteiger partial charge in [0.15, 0.2) is 0 Å². The van der Waals surface area contributed by atoms with Gasteiger partial charge in [-0.2, -0.15) is 0 Å². The summed E-state index contributed by atoms with van der Waals surface area (Å²) in [5, 5.41) is 5.10. The van der Waals surface area contributed by atoms with Gasteiger partial charge in [0.05, 0.1) is 0 Å². The first-order chi connectivity index (χ1) is 9.72. The maximum atomic E-state index is 3.75. The van der Waals surface area contributed by atoms with Crippen LogP contribution in [-0.2, 0) is 6.54 Å². The summed E-state index contributed by atoms with van der Waals surface area (Å²) in [5.41, 5.74) is 2.69. The van der Waals surface area contributed by atoms with E-state index in [9.17, 15) is 0 Å². The molecule has 0 spiro atoms. The Morgan fingerprint density at radius 3 is 3.00 bits per heavy atom. The first-order valence-corrected chi connectivity index (χ1v) is 8.01. The van der Waals surface area contributed by atoms with Gasteiger partial charge in [-0.25, -0.2) is 0 Å². The summed E-state index contributed by atoms with van der Waals surface area (Å²) < 4.78 is 2.37. The van der Waals surface area contributed by atoms with Crippen molar-refractivity contribution in [2.45, 2.75) is 52.1 Å². The molecule has 108 valence electrons. The molecule has 2 unspecified atom stereocenters. The van der Waals surface area contributed by atoms with Crippen LogP contribution in [0.1, 0.15) is 38.2 Å². The molecular formula is C18H26N2. The topological polar surface area (TPSA) is 17.0 Å². The van der Waals surface area contributed by atoms with Crippen molar-refractivity contribution < 1.29 is 0 Å². The van der Waals surface area contributed by atoms with E-state index in [4.69, 9.17) is 0 Å². The quantitative estimate of drug-likeness (QED) is 0.884. The van der Waals surface area contributed by atoms with Crippen molar-refractivity contribution in [1.82, 2.24) is 9.88 Å². The maximum absolute atomic E-state index is 3.75. The standard InChI is InChI=1S/C18H26N2/c1-14-4-3-5-17(13-14)19-9-11-20-10-8-16-12-15(2)6-7-18(16)20/h6-8,10,12,14,17,19H,3-5,9,11,13H2,1-2H3. The second kappa shape index (κ2) is 6.01. The van der Waals surface area contributed by atoms with Gasteiger partial charge in [0, 0.05) is 30.8 Å². The predicted molar refractivity (Wildman–Crippen MR) is 86.1 cm³/mol. The molecule has 1 aliphatic carbocycles. The predicted octanol–water partition coefficient (Wildman–Crippen LogP) is 4.12. The third-order valence-electron chi connectivity index (χ3n) is 4.65. The Balaban J connectivity index is 1.57. The van der Waals surface area contributed by atoms with Crippen LogP contribution in [0.25, 0.3) is 10.9 Å². The van der Waals surface area contributed by atoms with Crippen LogP contribution in [0.15, 0.2) is 30.5 Å². The van der Waals surface area contributed by atoms with Crippen molar-refractivity contribution in [2.24, 2.45) is 5.92 Å². The van der Waals surface area contributed by atoms with E-state index in [1.165, 1.54) is 42.1 Å². The highest BCUT2D eigenvalue weighted by atomic mass is 15.0. The normalized spacial score (nSPS) is 23.3. The number of benzene rings is 1. The molecule has 0 saturated heterocycles. The SMILES string of the molecule is Cc1ccc2c(ccn2CCNC2CCCC(C)C2)c1. The van der Waals surface area contributed by atoms with Crippen LogP contribution in [0.5, 0.6) is 0 Å². The average Bonchev–Trinajstić information content (AvgIpc) is 2.81. The highest BCUT2D eigenvalue weighted by Crippen LogP contribution is 2.23. The molecule has 2 atom stereocenters. The lowest BCUT2D eigenvalue weighted by Crippen LogP contribution is -2.35. The molecule has 2 nitrogen and oxygen atoms in total. The molecular weight excluding hydrogens is 244 g/mol. The molecule has 1 aliphatic rings. The van der Waals surface area contributed by atoms with Gasteiger partial charge in [0.25, 0.3) is 0 Å². The van der Waals surface area contributed by atoms with E-state index in [0.717, 1.165) is 25.0 Å². The van der Waals surface area contributed by atoms with Crippen LogP contribution in [0, 0.1) is 12.8 Å². The molecule has 1 aromatic carbocycles. The molecule has 1 aromatic heterocycles. The van der Waals surface area contributed by atoms with Crippen LogP contribution < -0.4 is 5.32 Å². The van der Waals surface area contributed by atoms with Crippen LogP contribution in [0.4, 0.5) is 0 Å². The Hall–Kier alpha value is -1.28. The van der Waals surface area contributed by atoms with Crippen LogP contribution in [0.2, 0.25) is 0 Å². The first-order valence-electron chi connectivity index (χ1n) is 8.01. The monoisotopic (exact) mass is 270 g/mol. The molecule has 3 rings (SSSR count). The van der Waals surface area contributed by atoms with Crippen molar-refractivity contribution >= 4 is 10.9 Å². The number of fused-ring (bicyclic) bond motifs is 1. The third kappa shape index (κ3) is 3.06. The Morgan fingerprint density at radius 1 is 1.25 bits per heavy atom. The van der Waals surface area contributed by atoms with Crippen molar-refractivity contribution in [3.63, 3.8) is 0 Å². The van der Waals surface area contributed by atoms with Crippen molar-refractivity contribution in [2.75, 3.05) is 6.54 Å². The Labute approximate surface area is 122 Å². The molecule has 0 bridgehead atoms. The highest BCUT2D eigenvalue weighted by molar-refractivity contribution is 5.80. The van der Waals surface area contributed by atoms with Crippen LogP contribution >= 0.6 is 0 Å². The molecule has 0 aliphatic heterocycles. The fraction of sp³-hybridized carbons (Fsp3) is 0.556. The number of rotatable bonds is 4. The summed E-state index contributed by atoms with van der Waals surface area (Å²) in [5.74, 6) is 0.900. The Bertz CT molecular complexity index is 570. The van der Waals surface area contributed by atoms with Gasteiger partial charge in [0.2, 0.25) is 0 Å². The first kappa shape index (κ1) is 13.7. The number of aromatic nitrogens is 1. The van der Waals surface area contributed by atoms with Gasteiger partial charge in [-0.15, -0.1) is 0 Å². The largest absolute Gasteiger partial charge is 0.346 e. The minimum absolute atomic E-state index is 0.739. The Morgan fingerprint density at radius 2 is 2.15 bits per heavy atom. The van der Waals surface area contributed by atoms with Gasteiger partial charge >= 0.3 is 0 Å². The molecule has 20 heavy (non-hydrogen) atoms. The van der Waals surface area contributed by atoms with Gasteiger partial charge in [-0.05, 0) is 49.3 Å². The summed E-state index contributed by atoms with van der Waals surface area (Å²) in [4.78, 5) is 0. The van der Waals surface area contributed by atoms with Gasteiger partial charge in [0.1, 0.15) is 0 Å². The number of hydrogen-bond donors (Lipinski definition) is 1. The molecule has 1 heterocycles. The van der Waals surface area contributed by atoms with Crippen molar-refractivity contribution in [1.29, 1.82) is 0 Å². The average molecular weight is 270 g/mol. The molecule has 2 aromatic rings. The minimum atomic E-state index is 0.739. The van der Waals surface area contributed by atoms with Gasteiger partial charge < -0.3 is 9.88 Å². The second-order valence-electron chi connectivity index (χ2n) is 6.49. The third-order valence-corrected chi connectivity index (χ3v) is 4.65. The molecule has 0 radical (unpaired) electrons. The summed E-state index contributed by atoms with van der Waals surface area (Å²) >= 11 is 0. The van der Waals surface area contributed by atoms with Gasteiger partial charge in [-0.1, -0.05) is 31.4 Å². The van der Waals surface area contributed by atoms with Gasteiger partial charge in [-0.3, -0.25) is 0 Å². The highest BCUT2D eigenvalue weighted by Gasteiger charge is 2.17. The zero-order valence-electron chi connectivity index (χ0n) is 12.7. The number of hydrogen-bond acceptors (Lipinski definition) is 1. The van der Waals surface area contributed by atoms with E-state index >= 15 is 0 Å². The molecule has 1 fully saturated rings. The van der Waals surface area contributed by atoms with E-state index in [-0.39, 0.29) is 0 Å². The Kier molecular flexibility index (Phi) is 4.11. The van der Waals surface area contributed by atoms with E-state index < -0.39 is 0 Å². The molecule has 0 amide bonds. The molecule has 2 heteroatoms. The zero-order chi connectivity index (χ0) is 13.9. The fourth-order valence-electron chi connectivity index (χ4n) is 3.52. The van der Waals surface area contributed by atoms with E-state index in [1.54, 1.807) is 0 Å². The molecule has 1 N–H and O–H groups in total. The fourth-order valence-corrected chi connectivity index (χ4v) is 3.52. The van der Waals surface area contributed by atoms with Crippen LogP contribution in [0.3, 0.4) is 0 Å². The molecule has 1 saturated carbocycles. The van der Waals surface area contributed by atoms with E-state index in [2.05, 4.69) is 54.2 Å². The summed E-state index contributed by atoms with van der Waals surface area (Å²) in [6.45, 7) is 6.69.